The van der Waals surface area contributed by atoms with E-state index in [1.807, 2.05) is 71.4 Å². The molecular formula is C16H18ClN3O. The van der Waals surface area contributed by atoms with Gasteiger partial charge in [0, 0.05) is 12.6 Å². The highest BCUT2D eigenvalue weighted by molar-refractivity contribution is 6.00. The van der Waals surface area contributed by atoms with Crippen molar-refractivity contribution < 1.29 is 4.79 Å². The van der Waals surface area contributed by atoms with Gasteiger partial charge in [-0.3, -0.25) is 10.5 Å². The lowest BCUT2D eigenvalue weighted by atomic mass is 10.1. The minimum absolute atomic E-state index is 0. The standard InChI is InChI=1S/C16H17N3O.ClH/c1-18-13-9-5-6-10-14(13)19(16(18)17)11-15(20)12-7-3-2-4-8-12;/h2-10,16H,11,17H2,1H3;1H. The summed E-state index contributed by atoms with van der Waals surface area (Å²) < 4.78 is 0. The molecule has 0 aromatic heterocycles. The molecule has 21 heavy (non-hydrogen) atoms. The number of halogens is 1. The molecule has 0 fully saturated rings. The van der Waals surface area contributed by atoms with Gasteiger partial charge >= 0.3 is 0 Å². The molecule has 0 saturated carbocycles. The smallest absolute Gasteiger partial charge is 0.182 e. The van der Waals surface area contributed by atoms with Crippen LogP contribution in [0.25, 0.3) is 0 Å². The van der Waals surface area contributed by atoms with Crippen molar-refractivity contribution in [3.63, 3.8) is 0 Å². The van der Waals surface area contributed by atoms with Crippen molar-refractivity contribution in [2.24, 2.45) is 5.73 Å². The molecule has 0 spiro atoms. The van der Waals surface area contributed by atoms with Gasteiger partial charge in [0.05, 0.1) is 17.9 Å². The summed E-state index contributed by atoms with van der Waals surface area (Å²) in [6.45, 7) is 0.284. The van der Waals surface area contributed by atoms with Crippen LogP contribution in [0.3, 0.4) is 0 Å². The lowest BCUT2D eigenvalue weighted by molar-refractivity contribution is 0.0997. The fraction of sp³-hybridized carbons (Fsp3) is 0.188. The molecular weight excluding hydrogens is 286 g/mol. The Labute approximate surface area is 130 Å². The van der Waals surface area contributed by atoms with Crippen molar-refractivity contribution in [3.05, 3.63) is 60.2 Å². The van der Waals surface area contributed by atoms with Crippen molar-refractivity contribution in [1.29, 1.82) is 0 Å². The maximum Gasteiger partial charge on any atom is 0.182 e. The van der Waals surface area contributed by atoms with E-state index in [0.29, 0.717) is 5.56 Å². The van der Waals surface area contributed by atoms with E-state index in [9.17, 15) is 4.79 Å². The maximum absolute atomic E-state index is 12.3. The Balaban J connectivity index is 0.00000161. The maximum atomic E-state index is 12.3. The van der Waals surface area contributed by atoms with Crippen molar-refractivity contribution in [2.75, 3.05) is 23.4 Å². The number of para-hydroxylation sites is 2. The van der Waals surface area contributed by atoms with Crippen molar-refractivity contribution >= 4 is 29.6 Å². The molecule has 2 aromatic rings. The number of benzene rings is 2. The van der Waals surface area contributed by atoms with Gasteiger partial charge in [-0.2, -0.15) is 0 Å². The number of hydrogen-bond acceptors (Lipinski definition) is 4. The lowest BCUT2D eigenvalue weighted by Crippen LogP contribution is -2.50. The summed E-state index contributed by atoms with van der Waals surface area (Å²) >= 11 is 0. The van der Waals surface area contributed by atoms with E-state index in [1.54, 1.807) is 0 Å². The molecule has 3 rings (SSSR count). The zero-order valence-electron chi connectivity index (χ0n) is 11.8. The summed E-state index contributed by atoms with van der Waals surface area (Å²) in [6.07, 6.45) is -0.305. The number of nitrogens with two attached hydrogens (primary N) is 1. The zero-order valence-corrected chi connectivity index (χ0v) is 12.6. The number of carbonyl (C=O) groups excluding carboxylic acids is 1. The van der Waals surface area contributed by atoms with Crippen LogP contribution < -0.4 is 15.5 Å². The number of fused-ring (bicyclic) bond motifs is 1. The van der Waals surface area contributed by atoms with Crippen molar-refractivity contribution in [1.82, 2.24) is 0 Å². The molecule has 1 unspecified atom stereocenters. The first kappa shape index (κ1) is 15.4. The molecule has 0 aliphatic carbocycles. The molecule has 0 bridgehead atoms. The van der Waals surface area contributed by atoms with E-state index in [1.165, 1.54) is 0 Å². The number of anilines is 2. The predicted molar refractivity (Wildman–Crippen MR) is 88.2 cm³/mol. The van der Waals surface area contributed by atoms with Gasteiger partial charge in [-0.15, -0.1) is 12.4 Å². The first-order chi connectivity index (χ1) is 9.68. The average molecular weight is 304 g/mol. The Morgan fingerprint density at radius 2 is 1.62 bits per heavy atom. The van der Waals surface area contributed by atoms with Crippen LogP contribution in [0.5, 0.6) is 0 Å². The topological polar surface area (TPSA) is 49.6 Å². The highest BCUT2D eigenvalue weighted by atomic mass is 35.5. The van der Waals surface area contributed by atoms with E-state index >= 15 is 0 Å². The highest BCUT2D eigenvalue weighted by Crippen LogP contribution is 2.36. The van der Waals surface area contributed by atoms with Gasteiger partial charge in [-0.05, 0) is 12.1 Å². The zero-order chi connectivity index (χ0) is 14.1. The molecule has 4 nitrogen and oxygen atoms in total. The van der Waals surface area contributed by atoms with Crippen LogP contribution in [-0.2, 0) is 0 Å². The van der Waals surface area contributed by atoms with E-state index in [-0.39, 0.29) is 31.0 Å². The Bertz CT molecular complexity index is 632. The SMILES string of the molecule is CN1c2ccccc2N(CC(=O)c2ccccc2)C1N.Cl. The normalized spacial score (nSPS) is 16.4. The second-order valence-corrected chi connectivity index (χ2v) is 4.93. The molecule has 0 radical (unpaired) electrons. The Kier molecular flexibility index (Phi) is 4.50. The van der Waals surface area contributed by atoms with Crippen LogP contribution >= 0.6 is 12.4 Å². The number of carbonyl (C=O) groups is 1. The van der Waals surface area contributed by atoms with Crippen LogP contribution in [-0.4, -0.2) is 25.7 Å². The van der Waals surface area contributed by atoms with Crippen molar-refractivity contribution in [2.45, 2.75) is 6.29 Å². The molecule has 1 atom stereocenters. The molecule has 1 aliphatic rings. The number of hydrogen-bond donors (Lipinski definition) is 1. The molecule has 1 heterocycles. The first-order valence-electron chi connectivity index (χ1n) is 6.61. The van der Waals surface area contributed by atoms with Crippen molar-refractivity contribution in [3.8, 4) is 0 Å². The van der Waals surface area contributed by atoms with Gasteiger partial charge in [0.1, 0.15) is 0 Å². The molecule has 0 saturated heterocycles. The second kappa shape index (κ2) is 6.16. The third-order valence-electron chi connectivity index (χ3n) is 3.70. The van der Waals surface area contributed by atoms with Crippen LogP contribution in [0.2, 0.25) is 0 Å². The largest absolute Gasteiger partial charge is 0.340 e. The Hall–Kier alpha value is -2.04. The van der Waals surface area contributed by atoms with E-state index in [4.69, 9.17) is 5.73 Å². The van der Waals surface area contributed by atoms with Gasteiger partial charge in [0.15, 0.2) is 12.1 Å². The van der Waals surface area contributed by atoms with Crippen LogP contribution in [0.4, 0.5) is 11.4 Å². The minimum atomic E-state index is -0.305. The van der Waals surface area contributed by atoms with E-state index in [0.717, 1.165) is 11.4 Å². The quantitative estimate of drug-likeness (QED) is 0.885. The molecule has 5 heteroatoms. The summed E-state index contributed by atoms with van der Waals surface area (Å²) in [6, 6.07) is 17.3. The van der Waals surface area contributed by atoms with E-state index in [2.05, 4.69) is 0 Å². The first-order valence-corrected chi connectivity index (χ1v) is 6.61. The van der Waals surface area contributed by atoms with Gasteiger partial charge in [0.2, 0.25) is 0 Å². The molecule has 1 aliphatic heterocycles. The Morgan fingerprint density at radius 3 is 2.29 bits per heavy atom. The number of ketones is 1. The lowest BCUT2D eigenvalue weighted by Gasteiger charge is -2.26. The average Bonchev–Trinajstić information content (AvgIpc) is 2.74. The van der Waals surface area contributed by atoms with Crippen LogP contribution in [0, 0.1) is 0 Å². The fourth-order valence-electron chi connectivity index (χ4n) is 2.55. The van der Waals surface area contributed by atoms with Crippen LogP contribution in [0.15, 0.2) is 54.6 Å². The highest BCUT2D eigenvalue weighted by Gasteiger charge is 2.31. The predicted octanol–water partition coefficient (Wildman–Crippen LogP) is 2.49. The van der Waals surface area contributed by atoms with E-state index < -0.39 is 0 Å². The molecule has 110 valence electrons. The summed E-state index contributed by atoms with van der Waals surface area (Å²) in [5.74, 6) is 0.0751. The molecule has 0 amide bonds. The molecule has 2 N–H and O–H groups in total. The third-order valence-corrected chi connectivity index (χ3v) is 3.70. The third kappa shape index (κ3) is 2.73. The molecule has 2 aromatic carbocycles. The minimum Gasteiger partial charge on any atom is -0.340 e. The summed E-state index contributed by atoms with van der Waals surface area (Å²) in [7, 11) is 1.94. The van der Waals surface area contributed by atoms with Crippen LogP contribution in [0.1, 0.15) is 10.4 Å². The Morgan fingerprint density at radius 1 is 1.05 bits per heavy atom. The number of rotatable bonds is 3. The van der Waals surface area contributed by atoms with Gasteiger partial charge in [-0.25, -0.2) is 0 Å². The van der Waals surface area contributed by atoms with Gasteiger partial charge < -0.3 is 9.80 Å². The summed E-state index contributed by atoms with van der Waals surface area (Å²) in [5.41, 5.74) is 8.98. The van der Waals surface area contributed by atoms with Gasteiger partial charge in [0.25, 0.3) is 0 Å². The number of Topliss-reactive ketones (excluding diaryl/α,β-unsaturated/α-hetero) is 1. The van der Waals surface area contributed by atoms with Gasteiger partial charge in [-0.1, -0.05) is 42.5 Å². The fourth-order valence-corrected chi connectivity index (χ4v) is 2.55. The summed E-state index contributed by atoms with van der Waals surface area (Å²) in [5, 5.41) is 0. The number of nitrogens with zero attached hydrogens (tertiary/aromatic N) is 2. The monoisotopic (exact) mass is 303 g/mol. The second-order valence-electron chi connectivity index (χ2n) is 4.93. The summed E-state index contributed by atoms with van der Waals surface area (Å²) in [4.78, 5) is 16.3.